The van der Waals surface area contributed by atoms with Gasteiger partial charge in [-0.15, -0.1) is 0 Å². The van der Waals surface area contributed by atoms with Crippen LogP contribution in [0.1, 0.15) is 62.3 Å². The third-order valence-corrected chi connectivity index (χ3v) is 12.9. The van der Waals surface area contributed by atoms with Crippen LogP contribution in [0.2, 0.25) is 15.1 Å². The number of hydrogen-bond acceptors (Lipinski definition) is 2. The van der Waals surface area contributed by atoms with Crippen molar-refractivity contribution in [3.63, 3.8) is 0 Å². The Morgan fingerprint density at radius 1 is 0.773 bits per heavy atom. The van der Waals surface area contributed by atoms with Crippen molar-refractivity contribution in [3.05, 3.63) is 24.3 Å². The molecule has 0 aliphatic rings. The lowest BCUT2D eigenvalue weighted by molar-refractivity contribution is 0.426. The fourth-order valence-electron chi connectivity index (χ4n) is 5.61. The number of benzene rings is 1. The van der Waals surface area contributed by atoms with Crippen molar-refractivity contribution in [2.75, 3.05) is 0 Å². The summed E-state index contributed by atoms with van der Waals surface area (Å²) in [6.45, 7) is 21.1. The molecule has 124 valence electrons. The molecule has 22 heavy (non-hydrogen) atoms. The van der Waals surface area contributed by atoms with E-state index < -0.39 is 15.2 Å². The Hall–Kier alpha value is -0.578. The molecular weight excluding hydrogens is 287 g/mol. The first-order valence-electron chi connectivity index (χ1n) is 8.13. The molecule has 0 heterocycles. The minimum absolute atomic E-state index is 0.141. The SMILES string of the molecule is CC(C)(C)[Si](c1cccc(B(O)O)c1)(C(C)(C)C)C(C)(C)C. The zero-order chi connectivity index (χ0) is 17.6. The molecule has 0 amide bonds. The van der Waals surface area contributed by atoms with Gasteiger partial charge in [-0.25, -0.2) is 0 Å². The van der Waals surface area contributed by atoms with Crippen molar-refractivity contribution in [3.8, 4) is 0 Å². The monoisotopic (exact) mass is 320 g/mol. The van der Waals surface area contributed by atoms with Crippen LogP contribution in [0.4, 0.5) is 0 Å². The maximum atomic E-state index is 9.59. The minimum atomic E-state index is -2.08. The van der Waals surface area contributed by atoms with E-state index in [2.05, 4.69) is 68.4 Å². The molecule has 0 radical (unpaired) electrons. The summed E-state index contributed by atoms with van der Waals surface area (Å²) in [7, 11) is -3.49. The van der Waals surface area contributed by atoms with E-state index in [1.807, 2.05) is 12.1 Å². The van der Waals surface area contributed by atoms with Crippen molar-refractivity contribution in [2.45, 2.75) is 77.4 Å². The van der Waals surface area contributed by atoms with E-state index in [1.165, 1.54) is 5.19 Å². The molecule has 0 aliphatic heterocycles. The number of hydrogen-bond donors (Lipinski definition) is 2. The Bertz CT molecular complexity index is 483. The highest BCUT2D eigenvalue weighted by Crippen LogP contribution is 2.61. The normalized spacial score (nSPS) is 14.1. The maximum absolute atomic E-state index is 9.59. The van der Waals surface area contributed by atoms with Gasteiger partial charge in [0.05, 0.1) is 0 Å². The lowest BCUT2D eigenvalue weighted by atomic mass is 9.80. The van der Waals surface area contributed by atoms with Crippen LogP contribution in [-0.4, -0.2) is 25.2 Å². The van der Waals surface area contributed by atoms with Crippen molar-refractivity contribution in [1.82, 2.24) is 0 Å². The summed E-state index contributed by atoms with van der Waals surface area (Å²) >= 11 is 0. The van der Waals surface area contributed by atoms with Gasteiger partial charge in [-0.1, -0.05) is 91.8 Å². The molecule has 0 atom stereocenters. The van der Waals surface area contributed by atoms with Crippen LogP contribution in [0.15, 0.2) is 24.3 Å². The summed E-state index contributed by atoms with van der Waals surface area (Å²) in [5, 5.41) is 20.9. The molecule has 4 heteroatoms. The molecular formula is C18H33BO2Si. The third-order valence-electron chi connectivity index (χ3n) is 4.99. The molecule has 0 saturated carbocycles. The highest BCUT2D eigenvalue weighted by Gasteiger charge is 2.60. The van der Waals surface area contributed by atoms with E-state index in [1.54, 1.807) is 6.07 Å². The molecule has 0 unspecified atom stereocenters. The van der Waals surface area contributed by atoms with Gasteiger partial charge in [-0.2, -0.15) is 0 Å². The molecule has 0 saturated heterocycles. The van der Waals surface area contributed by atoms with Crippen molar-refractivity contribution < 1.29 is 10.0 Å². The summed E-state index contributed by atoms with van der Waals surface area (Å²) in [5.41, 5.74) is 0.590. The highest BCUT2D eigenvalue weighted by atomic mass is 28.3. The van der Waals surface area contributed by atoms with Gasteiger partial charge in [-0.05, 0) is 20.6 Å². The number of rotatable bonds is 2. The minimum Gasteiger partial charge on any atom is -0.423 e. The Balaban J connectivity index is 3.83. The van der Waals surface area contributed by atoms with E-state index in [-0.39, 0.29) is 15.1 Å². The van der Waals surface area contributed by atoms with Gasteiger partial charge in [0, 0.05) is 0 Å². The maximum Gasteiger partial charge on any atom is 0.488 e. The third kappa shape index (κ3) is 3.06. The largest absolute Gasteiger partial charge is 0.488 e. The van der Waals surface area contributed by atoms with Crippen molar-refractivity contribution in [1.29, 1.82) is 0 Å². The highest BCUT2D eigenvalue weighted by molar-refractivity contribution is 6.98. The van der Waals surface area contributed by atoms with Crippen LogP contribution in [0, 0.1) is 0 Å². The standard InChI is InChI=1S/C18H33BO2Si/c1-16(2,3)22(17(4,5)6,18(7,8)9)15-12-10-11-14(13-15)19(20)21/h10-13,20-21H,1-9H3. The molecule has 2 nitrogen and oxygen atoms in total. The summed E-state index contributed by atoms with van der Waals surface area (Å²) in [5.74, 6) is 0. The molecule has 0 aliphatic carbocycles. The Morgan fingerprint density at radius 2 is 1.18 bits per heavy atom. The average molecular weight is 320 g/mol. The van der Waals surface area contributed by atoms with Crippen LogP contribution < -0.4 is 10.6 Å². The fourth-order valence-corrected chi connectivity index (χ4v) is 15.7. The molecule has 1 rings (SSSR count). The molecule has 0 fully saturated rings. The topological polar surface area (TPSA) is 40.5 Å². The van der Waals surface area contributed by atoms with Crippen molar-refractivity contribution >= 4 is 25.8 Å². The predicted octanol–water partition coefficient (Wildman–Crippen LogP) is 3.42. The quantitative estimate of drug-likeness (QED) is 0.820. The van der Waals surface area contributed by atoms with Gasteiger partial charge in [0.2, 0.25) is 0 Å². The fraction of sp³-hybridized carbons (Fsp3) is 0.667. The second kappa shape index (κ2) is 5.81. The molecule has 0 aromatic heterocycles. The smallest absolute Gasteiger partial charge is 0.423 e. The van der Waals surface area contributed by atoms with Crippen LogP contribution in [0.5, 0.6) is 0 Å². The van der Waals surface area contributed by atoms with Crippen LogP contribution >= 0.6 is 0 Å². The summed E-state index contributed by atoms with van der Waals surface area (Å²) < 4.78 is 0. The van der Waals surface area contributed by atoms with E-state index in [0.29, 0.717) is 5.46 Å². The van der Waals surface area contributed by atoms with Gasteiger partial charge in [0.1, 0.15) is 8.07 Å². The summed E-state index contributed by atoms with van der Waals surface area (Å²) in [6.07, 6.45) is 0. The molecule has 0 bridgehead atoms. The summed E-state index contributed by atoms with van der Waals surface area (Å²) in [6, 6.07) is 7.98. The first-order chi connectivity index (χ1) is 9.66. The van der Waals surface area contributed by atoms with Crippen LogP contribution in [0.3, 0.4) is 0 Å². The van der Waals surface area contributed by atoms with Gasteiger partial charge in [-0.3, -0.25) is 0 Å². The van der Waals surface area contributed by atoms with Crippen LogP contribution in [0.25, 0.3) is 0 Å². The lowest BCUT2D eigenvalue weighted by Crippen LogP contribution is -2.67. The predicted molar refractivity (Wildman–Crippen MR) is 101 cm³/mol. The Kier molecular flexibility index (Phi) is 5.14. The second-order valence-corrected chi connectivity index (χ2v) is 16.1. The van der Waals surface area contributed by atoms with Gasteiger partial charge >= 0.3 is 7.12 Å². The van der Waals surface area contributed by atoms with E-state index in [0.717, 1.165) is 0 Å². The van der Waals surface area contributed by atoms with Gasteiger partial charge in [0.15, 0.2) is 0 Å². The van der Waals surface area contributed by atoms with Crippen molar-refractivity contribution in [2.24, 2.45) is 0 Å². The lowest BCUT2D eigenvalue weighted by Gasteiger charge is -2.60. The zero-order valence-corrected chi connectivity index (χ0v) is 16.8. The van der Waals surface area contributed by atoms with E-state index in [9.17, 15) is 10.0 Å². The molecule has 0 spiro atoms. The molecule has 1 aromatic carbocycles. The first-order valence-corrected chi connectivity index (χ1v) is 10.1. The van der Waals surface area contributed by atoms with Gasteiger partial charge < -0.3 is 10.0 Å². The Labute approximate surface area is 138 Å². The summed E-state index contributed by atoms with van der Waals surface area (Å²) in [4.78, 5) is 0. The average Bonchev–Trinajstić information content (AvgIpc) is 2.23. The molecule has 1 aromatic rings. The van der Waals surface area contributed by atoms with E-state index in [4.69, 9.17) is 0 Å². The second-order valence-electron chi connectivity index (χ2n) is 9.50. The first kappa shape index (κ1) is 19.5. The van der Waals surface area contributed by atoms with E-state index >= 15 is 0 Å². The zero-order valence-electron chi connectivity index (χ0n) is 15.8. The van der Waals surface area contributed by atoms with Gasteiger partial charge in [0.25, 0.3) is 0 Å². The van der Waals surface area contributed by atoms with Crippen LogP contribution in [-0.2, 0) is 0 Å². The Morgan fingerprint density at radius 3 is 1.50 bits per heavy atom. The molecule has 2 N–H and O–H groups in total.